The summed E-state index contributed by atoms with van der Waals surface area (Å²) in [5.41, 5.74) is 10.6. The van der Waals surface area contributed by atoms with Crippen molar-refractivity contribution in [1.29, 1.82) is 0 Å². The molecule has 0 radical (unpaired) electrons. The Bertz CT molecular complexity index is 1810. The predicted molar refractivity (Wildman–Crippen MR) is 173 cm³/mol. The maximum absolute atomic E-state index is 4.69. The van der Waals surface area contributed by atoms with E-state index < -0.39 is 0 Å². The summed E-state index contributed by atoms with van der Waals surface area (Å²) in [4.78, 5) is 12.7. The van der Waals surface area contributed by atoms with Gasteiger partial charge in [0.2, 0.25) is 0 Å². The van der Waals surface area contributed by atoms with Crippen molar-refractivity contribution < 1.29 is 0 Å². The topological polar surface area (TPSA) is 82.3 Å². The number of hydrogen-bond donors (Lipinski definition) is 3. The Kier molecular flexibility index (Phi) is 7.57. The molecule has 0 saturated heterocycles. The van der Waals surface area contributed by atoms with Crippen LogP contribution in [0.3, 0.4) is 0 Å². The van der Waals surface area contributed by atoms with Crippen molar-refractivity contribution in [2.75, 3.05) is 6.54 Å². The third kappa shape index (κ3) is 5.54. The van der Waals surface area contributed by atoms with Crippen LogP contribution in [0.15, 0.2) is 93.6 Å². The van der Waals surface area contributed by atoms with Gasteiger partial charge in [-0.1, -0.05) is 46.5 Å². The number of aromatic amines is 2. The molecule has 1 aromatic carbocycles. The lowest BCUT2D eigenvalue weighted by Crippen LogP contribution is -2.15. The van der Waals surface area contributed by atoms with Crippen LogP contribution in [0.4, 0.5) is 0 Å². The highest BCUT2D eigenvalue weighted by atomic mass is 127. The van der Waals surface area contributed by atoms with Crippen LogP contribution in [0.25, 0.3) is 50.0 Å². The van der Waals surface area contributed by atoms with Gasteiger partial charge >= 0.3 is 0 Å². The first-order valence-electron chi connectivity index (χ1n) is 12.5. The third-order valence-electron chi connectivity index (χ3n) is 6.56. The first kappa shape index (κ1) is 25.5. The minimum atomic E-state index is -0.303. The molecule has 3 N–H and O–H groups in total. The van der Waals surface area contributed by atoms with Gasteiger partial charge in [-0.05, 0) is 56.7 Å². The summed E-state index contributed by atoms with van der Waals surface area (Å²) < 4.78 is 6.42. The van der Waals surface area contributed by atoms with Crippen molar-refractivity contribution in [2.45, 2.75) is 13.5 Å². The van der Waals surface area contributed by atoms with Crippen LogP contribution in [0.2, 0.25) is 0 Å². The molecule has 5 aromatic heterocycles. The molecule has 0 spiro atoms. The highest BCUT2D eigenvalue weighted by Crippen LogP contribution is 2.34. The van der Waals surface area contributed by atoms with Crippen LogP contribution in [-0.2, 0) is 6.54 Å². The number of hydrogen-bond acceptors (Lipinski definition) is 5. The molecular weight excluding hydrogens is 615 g/mol. The summed E-state index contributed by atoms with van der Waals surface area (Å²) >= 11 is 1.38. The molecule has 0 unspecified atom stereocenters. The molecule has 39 heavy (non-hydrogen) atoms. The lowest BCUT2D eigenvalue weighted by atomic mass is 10.0. The number of nitrogens with zero attached hydrogens (tertiary/aromatic N) is 3. The van der Waals surface area contributed by atoms with E-state index >= 15 is 0 Å². The van der Waals surface area contributed by atoms with E-state index in [1.165, 1.54) is 16.7 Å². The zero-order chi connectivity index (χ0) is 26.6. The van der Waals surface area contributed by atoms with Gasteiger partial charge in [0.15, 0.2) is 5.65 Å². The number of halogens is 1. The highest BCUT2D eigenvalue weighted by Gasteiger charge is 2.15. The summed E-state index contributed by atoms with van der Waals surface area (Å²) in [6.07, 6.45) is 7.94. The van der Waals surface area contributed by atoms with E-state index in [0.717, 1.165) is 57.5 Å². The summed E-state index contributed by atoms with van der Waals surface area (Å²) in [7, 11) is 0. The molecule has 0 saturated carbocycles. The maximum atomic E-state index is 4.69. The Labute approximate surface area is 240 Å². The second-order valence-corrected chi connectivity index (χ2v) is 11.6. The van der Waals surface area contributed by atoms with Gasteiger partial charge in [-0.2, -0.15) is 16.4 Å². The van der Waals surface area contributed by atoms with Crippen molar-refractivity contribution in [2.24, 2.45) is 0 Å². The summed E-state index contributed by atoms with van der Waals surface area (Å²) in [5.74, 6) is 0. The molecular formula is C31H27IN6S. The molecule has 6 aromatic rings. The predicted octanol–water partition coefficient (Wildman–Crippen LogP) is 7.71. The smallest absolute Gasteiger partial charge is 0.181 e. The van der Waals surface area contributed by atoms with E-state index in [9.17, 15) is 0 Å². The molecule has 0 aliphatic carbocycles. The number of aromatic nitrogens is 5. The van der Waals surface area contributed by atoms with E-state index in [-0.39, 0.29) is 20.7 Å². The molecule has 5 heterocycles. The van der Waals surface area contributed by atoms with Gasteiger partial charge in [0, 0.05) is 47.4 Å². The third-order valence-corrected chi connectivity index (χ3v) is 8.36. The van der Waals surface area contributed by atoms with Crippen LogP contribution in [0.5, 0.6) is 0 Å². The normalized spacial score (nSPS) is 12.5. The van der Waals surface area contributed by atoms with E-state index in [1.54, 1.807) is 11.3 Å². The van der Waals surface area contributed by atoms with Crippen molar-refractivity contribution in [3.8, 4) is 22.5 Å². The fourth-order valence-corrected chi connectivity index (χ4v) is 6.34. The molecule has 0 aliphatic heterocycles. The number of pyridine rings is 2. The standard InChI is InChI=1S/C31H27IN6S/c1-20(14-33-15-21-6-4-3-5-7-21)10-23(13-32-2)24-11-26-30(37-38-31(26)35-16-24)28-12-25-27(22-8-9-39-19-22)17-34-18-29(25)36-28/h3-13,16-19,33,36H,2,14-15H2,1H3,(H,35,37,38)/b20-10+,23-13+. The van der Waals surface area contributed by atoms with Gasteiger partial charge in [0.25, 0.3) is 0 Å². The molecule has 6 rings (SSSR count). The minimum absolute atomic E-state index is 0.303. The first-order valence-corrected chi connectivity index (χ1v) is 16.2. The Balaban J connectivity index is 1.30. The number of rotatable bonds is 9. The minimum Gasteiger partial charge on any atom is -0.352 e. The average molecular weight is 643 g/mol. The summed E-state index contributed by atoms with van der Waals surface area (Å²) in [6.45, 7) is 3.81. The van der Waals surface area contributed by atoms with E-state index in [2.05, 4.69) is 100 Å². The number of nitrogens with one attached hydrogen (secondary N) is 3. The maximum Gasteiger partial charge on any atom is 0.181 e. The number of thiophene rings is 1. The lowest BCUT2D eigenvalue weighted by molar-refractivity contribution is 0.740. The molecule has 194 valence electrons. The number of allylic oxidation sites excluding steroid dienone is 2. The van der Waals surface area contributed by atoms with Crippen LogP contribution < -0.4 is 5.32 Å². The Hall–Kier alpha value is -3.73. The zero-order valence-electron chi connectivity index (χ0n) is 21.4. The van der Waals surface area contributed by atoms with Crippen LogP contribution in [-0.4, -0.2) is 36.2 Å². The molecule has 0 bridgehead atoms. The van der Waals surface area contributed by atoms with Gasteiger partial charge in [0.05, 0.1) is 23.1 Å². The molecule has 6 nitrogen and oxygen atoms in total. The van der Waals surface area contributed by atoms with Gasteiger partial charge in [-0.25, -0.2) is 4.98 Å². The Morgan fingerprint density at radius 2 is 2.00 bits per heavy atom. The van der Waals surface area contributed by atoms with Crippen molar-refractivity contribution in [3.05, 3.63) is 105 Å². The number of H-pyrrole nitrogens is 2. The molecule has 0 fully saturated rings. The summed E-state index contributed by atoms with van der Waals surface area (Å²) in [6, 6.07) is 16.9. The molecule has 0 aliphatic rings. The van der Waals surface area contributed by atoms with Crippen molar-refractivity contribution >= 4 is 64.1 Å². The van der Waals surface area contributed by atoms with Crippen molar-refractivity contribution in [1.82, 2.24) is 30.5 Å². The molecule has 8 heteroatoms. The monoisotopic (exact) mass is 642 g/mol. The Morgan fingerprint density at radius 3 is 2.82 bits per heavy atom. The van der Waals surface area contributed by atoms with E-state index in [4.69, 9.17) is 4.98 Å². The van der Waals surface area contributed by atoms with Crippen LogP contribution >= 0.6 is 32.1 Å². The van der Waals surface area contributed by atoms with E-state index in [1.807, 2.05) is 24.7 Å². The molecule has 0 amide bonds. The lowest BCUT2D eigenvalue weighted by Gasteiger charge is -2.08. The quantitative estimate of drug-likeness (QED) is 0.112. The van der Waals surface area contributed by atoms with Crippen molar-refractivity contribution in [3.63, 3.8) is 0 Å². The van der Waals surface area contributed by atoms with Gasteiger partial charge in [0.1, 0.15) is 0 Å². The molecule has 0 atom stereocenters. The second kappa shape index (κ2) is 11.6. The van der Waals surface area contributed by atoms with E-state index in [0.29, 0.717) is 5.65 Å². The fourth-order valence-electron chi connectivity index (χ4n) is 4.67. The SMILES string of the molecule is C=I/C=C(\C=C(/C)CNCc1ccccc1)c1cnc2n[nH]c(-c3cc4c(-c5ccsc5)cncc4[nH]3)c2c1. The van der Waals surface area contributed by atoms with Gasteiger partial charge < -0.3 is 10.3 Å². The number of fused-ring (bicyclic) bond motifs is 2. The van der Waals surface area contributed by atoms with Crippen LogP contribution in [0, 0.1) is 0 Å². The van der Waals surface area contributed by atoms with Crippen LogP contribution in [0.1, 0.15) is 18.1 Å². The zero-order valence-corrected chi connectivity index (χ0v) is 24.4. The second-order valence-electron chi connectivity index (χ2n) is 9.34. The Morgan fingerprint density at radius 1 is 1.10 bits per heavy atom. The first-order chi connectivity index (χ1) is 19.2. The van der Waals surface area contributed by atoms with Gasteiger partial charge in [-0.3, -0.25) is 10.1 Å². The number of benzene rings is 1. The largest absolute Gasteiger partial charge is 0.352 e. The summed E-state index contributed by atoms with van der Waals surface area (Å²) in [5, 5.41) is 17.6. The fraction of sp³-hybridized carbons (Fsp3) is 0.0968. The van der Waals surface area contributed by atoms with Gasteiger partial charge in [-0.15, -0.1) is 20.7 Å². The highest BCUT2D eigenvalue weighted by molar-refractivity contribution is 14.2. The average Bonchev–Trinajstić information content (AvgIpc) is 3.72.